The van der Waals surface area contributed by atoms with Crippen molar-refractivity contribution in [2.24, 2.45) is 5.92 Å². The average Bonchev–Trinajstić information content (AvgIpc) is 2.23. The lowest BCUT2D eigenvalue weighted by atomic mass is 9.84. The van der Waals surface area contributed by atoms with Gasteiger partial charge in [0.2, 0.25) is 0 Å². The quantitative estimate of drug-likeness (QED) is 0.497. The van der Waals surface area contributed by atoms with Crippen LogP contribution in [0, 0.1) is 5.92 Å². The van der Waals surface area contributed by atoms with E-state index in [0.29, 0.717) is 0 Å². The largest absolute Gasteiger partial charge is 0.481 e. The lowest BCUT2D eigenvalue weighted by molar-refractivity contribution is -0.200. The van der Waals surface area contributed by atoms with Gasteiger partial charge in [0.1, 0.15) is 12.5 Å². The zero-order valence-electron chi connectivity index (χ0n) is 8.83. The van der Waals surface area contributed by atoms with E-state index >= 15 is 0 Å². The number of esters is 1. The highest BCUT2D eigenvalue weighted by atomic mass is 16.6. The maximum absolute atomic E-state index is 11.2. The Morgan fingerprint density at radius 3 is 2.44 bits per heavy atom. The lowest BCUT2D eigenvalue weighted by Gasteiger charge is -2.47. The van der Waals surface area contributed by atoms with Crippen molar-refractivity contribution >= 4 is 11.9 Å². The molecule has 0 amide bonds. The van der Waals surface area contributed by atoms with E-state index < -0.39 is 30.7 Å². The molecule has 3 aliphatic heterocycles. The number of carbonyl (C=O) groups excluding carboxylic acids is 1. The number of ether oxygens (including phenoxy) is 1. The smallest absolute Gasteiger partial charge is 0.318 e. The summed E-state index contributed by atoms with van der Waals surface area (Å²) in [6.07, 6.45) is -0.163. The second-order valence-corrected chi connectivity index (χ2v) is 4.31. The molecule has 6 nitrogen and oxygen atoms in total. The van der Waals surface area contributed by atoms with E-state index in [9.17, 15) is 14.7 Å². The number of fused-ring (bicyclic) bond motifs is 3. The van der Waals surface area contributed by atoms with Crippen LogP contribution in [0.2, 0.25) is 0 Å². The molecular weight excluding hydrogens is 214 g/mol. The summed E-state index contributed by atoms with van der Waals surface area (Å²) in [5, 5.41) is 18.3. The van der Waals surface area contributed by atoms with Crippen LogP contribution in [0.15, 0.2) is 0 Å². The number of carboxylic acids is 1. The van der Waals surface area contributed by atoms with Gasteiger partial charge in [-0.3, -0.25) is 14.5 Å². The van der Waals surface area contributed by atoms with Crippen LogP contribution < -0.4 is 0 Å². The van der Waals surface area contributed by atoms with Crippen LogP contribution in [0.5, 0.6) is 0 Å². The summed E-state index contributed by atoms with van der Waals surface area (Å²) < 4.78 is 5.00. The standard InChI is InChI=1S/C10H15NO5/c12-7(13)5-8(14)16-10-9(15)6-1-3-11(10)4-2-6/h6,9-10,15H,1-5H2,(H,12,13). The molecule has 90 valence electrons. The normalized spacial score (nSPS) is 37.1. The maximum atomic E-state index is 11.2. The summed E-state index contributed by atoms with van der Waals surface area (Å²) in [5.41, 5.74) is 0. The Hall–Kier alpha value is -1.14. The molecule has 0 spiro atoms. The molecule has 2 N–H and O–H groups in total. The van der Waals surface area contributed by atoms with Crippen molar-refractivity contribution in [2.75, 3.05) is 13.1 Å². The fourth-order valence-electron chi connectivity index (χ4n) is 2.41. The molecule has 0 aromatic rings. The van der Waals surface area contributed by atoms with Gasteiger partial charge in [-0.2, -0.15) is 0 Å². The van der Waals surface area contributed by atoms with Crippen molar-refractivity contribution < 1.29 is 24.5 Å². The van der Waals surface area contributed by atoms with E-state index in [2.05, 4.69) is 0 Å². The maximum Gasteiger partial charge on any atom is 0.318 e. The van der Waals surface area contributed by atoms with Crippen LogP contribution in [0.3, 0.4) is 0 Å². The molecule has 6 heteroatoms. The first-order valence-electron chi connectivity index (χ1n) is 5.41. The summed E-state index contributed by atoms with van der Waals surface area (Å²) >= 11 is 0. The molecule has 0 saturated carbocycles. The van der Waals surface area contributed by atoms with Crippen molar-refractivity contribution in [1.82, 2.24) is 4.90 Å². The number of carbonyl (C=O) groups is 2. The van der Waals surface area contributed by atoms with Gasteiger partial charge in [0.15, 0.2) is 6.23 Å². The molecule has 2 unspecified atom stereocenters. The highest BCUT2D eigenvalue weighted by Gasteiger charge is 2.43. The van der Waals surface area contributed by atoms with E-state index in [1.165, 1.54) is 0 Å². The molecule has 0 radical (unpaired) electrons. The molecule has 2 atom stereocenters. The van der Waals surface area contributed by atoms with Crippen molar-refractivity contribution in [2.45, 2.75) is 31.6 Å². The predicted molar refractivity (Wildman–Crippen MR) is 52.4 cm³/mol. The zero-order chi connectivity index (χ0) is 11.7. The van der Waals surface area contributed by atoms with E-state index in [0.717, 1.165) is 25.9 Å². The fraction of sp³-hybridized carbons (Fsp3) is 0.800. The van der Waals surface area contributed by atoms with Gasteiger partial charge >= 0.3 is 11.9 Å². The first-order chi connectivity index (χ1) is 7.58. The van der Waals surface area contributed by atoms with Gasteiger partial charge in [-0.1, -0.05) is 0 Å². The van der Waals surface area contributed by atoms with Crippen molar-refractivity contribution in [1.29, 1.82) is 0 Å². The summed E-state index contributed by atoms with van der Waals surface area (Å²) in [5.74, 6) is -1.83. The average molecular weight is 229 g/mol. The van der Waals surface area contributed by atoms with Crippen molar-refractivity contribution in [3.63, 3.8) is 0 Å². The van der Waals surface area contributed by atoms with Gasteiger partial charge in [0.25, 0.3) is 0 Å². The van der Waals surface area contributed by atoms with Crippen LogP contribution in [-0.4, -0.2) is 52.5 Å². The molecule has 0 aromatic carbocycles. The Bertz CT molecular complexity index is 296. The summed E-state index contributed by atoms with van der Waals surface area (Å²) in [6.45, 7) is 1.60. The van der Waals surface area contributed by atoms with Crippen molar-refractivity contribution in [3.8, 4) is 0 Å². The van der Waals surface area contributed by atoms with Gasteiger partial charge in [0, 0.05) is 13.1 Å². The Labute approximate surface area is 92.8 Å². The minimum absolute atomic E-state index is 0.174. The number of rotatable bonds is 3. The van der Waals surface area contributed by atoms with Gasteiger partial charge < -0.3 is 14.9 Å². The summed E-state index contributed by atoms with van der Waals surface area (Å²) in [7, 11) is 0. The Morgan fingerprint density at radius 2 is 1.94 bits per heavy atom. The minimum atomic E-state index is -1.21. The molecule has 3 rings (SSSR count). The summed E-state index contributed by atoms with van der Waals surface area (Å²) in [4.78, 5) is 23.4. The number of aliphatic carboxylic acids is 1. The molecule has 3 heterocycles. The Morgan fingerprint density at radius 1 is 1.31 bits per heavy atom. The van der Waals surface area contributed by atoms with E-state index in [1.807, 2.05) is 4.90 Å². The second kappa shape index (κ2) is 4.39. The highest BCUT2D eigenvalue weighted by molar-refractivity contribution is 5.90. The molecular formula is C10H15NO5. The number of carboxylic acid groups (broad SMARTS) is 1. The van der Waals surface area contributed by atoms with E-state index in [4.69, 9.17) is 9.84 Å². The molecule has 0 aliphatic carbocycles. The monoisotopic (exact) mass is 229 g/mol. The Balaban J connectivity index is 1.94. The third-order valence-corrected chi connectivity index (χ3v) is 3.26. The molecule has 3 fully saturated rings. The zero-order valence-corrected chi connectivity index (χ0v) is 8.83. The van der Waals surface area contributed by atoms with Crippen molar-refractivity contribution in [3.05, 3.63) is 0 Å². The predicted octanol–water partition coefficient (Wildman–Crippen LogP) is -0.583. The Kier molecular flexibility index (Phi) is 3.11. The van der Waals surface area contributed by atoms with E-state index in [-0.39, 0.29) is 5.92 Å². The topological polar surface area (TPSA) is 87.1 Å². The first kappa shape index (κ1) is 11.3. The molecule has 16 heavy (non-hydrogen) atoms. The first-order valence-corrected chi connectivity index (χ1v) is 5.41. The minimum Gasteiger partial charge on any atom is -0.481 e. The number of hydrogen-bond donors (Lipinski definition) is 2. The lowest BCUT2D eigenvalue weighted by Crippen LogP contribution is -2.59. The highest BCUT2D eigenvalue weighted by Crippen LogP contribution is 2.32. The van der Waals surface area contributed by atoms with Crippen LogP contribution in [0.1, 0.15) is 19.3 Å². The van der Waals surface area contributed by atoms with Crippen LogP contribution in [0.25, 0.3) is 0 Å². The number of hydrogen-bond acceptors (Lipinski definition) is 5. The van der Waals surface area contributed by atoms with Crippen LogP contribution >= 0.6 is 0 Å². The molecule has 3 aliphatic rings. The molecule has 2 bridgehead atoms. The third kappa shape index (κ3) is 2.17. The number of piperidine rings is 3. The third-order valence-electron chi connectivity index (χ3n) is 3.26. The van der Waals surface area contributed by atoms with Crippen LogP contribution in [-0.2, 0) is 14.3 Å². The number of nitrogens with zero attached hydrogens (tertiary/aromatic N) is 1. The van der Waals surface area contributed by atoms with Crippen LogP contribution in [0.4, 0.5) is 0 Å². The number of aliphatic hydroxyl groups excluding tert-OH is 1. The molecule has 3 saturated heterocycles. The van der Waals surface area contributed by atoms with Gasteiger partial charge in [-0.05, 0) is 18.8 Å². The fourth-order valence-corrected chi connectivity index (χ4v) is 2.41. The second-order valence-electron chi connectivity index (χ2n) is 4.31. The van der Waals surface area contributed by atoms with E-state index in [1.54, 1.807) is 0 Å². The van der Waals surface area contributed by atoms with Gasteiger partial charge in [-0.25, -0.2) is 0 Å². The summed E-state index contributed by atoms with van der Waals surface area (Å²) in [6, 6.07) is 0. The van der Waals surface area contributed by atoms with Gasteiger partial charge in [-0.15, -0.1) is 0 Å². The number of aliphatic hydroxyl groups is 1. The van der Waals surface area contributed by atoms with Gasteiger partial charge in [0.05, 0.1) is 0 Å². The molecule has 0 aromatic heterocycles. The SMILES string of the molecule is O=C(O)CC(=O)OC1C(O)C2CCN1CC2.